The summed E-state index contributed by atoms with van der Waals surface area (Å²) in [6.45, 7) is 5.35. The minimum absolute atomic E-state index is 0.0384. The molecule has 2 amide bonds. The maximum absolute atomic E-state index is 13.0. The zero-order valence-electron chi connectivity index (χ0n) is 16.2. The van der Waals surface area contributed by atoms with Gasteiger partial charge in [-0.2, -0.15) is 0 Å². The summed E-state index contributed by atoms with van der Waals surface area (Å²) in [4.78, 5) is 27.8. The second-order valence-electron chi connectivity index (χ2n) is 7.16. The van der Waals surface area contributed by atoms with E-state index in [9.17, 15) is 9.59 Å². The van der Waals surface area contributed by atoms with Crippen LogP contribution in [0.1, 0.15) is 53.8 Å². The van der Waals surface area contributed by atoms with Crippen molar-refractivity contribution in [2.24, 2.45) is 0 Å². The van der Waals surface area contributed by atoms with Crippen molar-refractivity contribution < 1.29 is 14.3 Å². The molecule has 0 aliphatic carbocycles. The molecule has 28 heavy (non-hydrogen) atoms. The van der Waals surface area contributed by atoms with Gasteiger partial charge in [0.25, 0.3) is 11.8 Å². The summed E-state index contributed by atoms with van der Waals surface area (Å²) >= 11 is 3.41. The van der Waals surface area contributed by atoms with Crippen LogP contribution in [0.25, 0.3) is 0 Å². The largest absolute Gasteiger partial charge is 0.490 e. The lowest BCUT2D eigenvalue weighted by atomic mass is 10.1. The molecule has 0 unspecified atom stereocenters. The number of benzene rings is 2. The normalized spacial score (nSPS) is 14.1. The first kappa shape index (κ1) is 20.4. The fraction of sp³-hybridized carbons (Fsp3) is 0.364. The number of ether oxygens (including phenoxy) is 1. The molecule has 6 heteroatoms. The minimum Gasteiger partial charge on any atom is -0.490 e. The van der Waals surface area contributed by atoms with Crippen LogP contribution in [0.5, 0.6) is 5.75 Å². The van der Waals surface area contributed by atoms with E-state index in [1.54, 1.807) is 24.3 Å². The average molecular weight is 445 g/mol. The maximum Gasteiger partial charge on any atom is 0.259 e. The topological polar surface area (TPSA) is 58.6 Å². The lowest BCUT2D eigenvalue weighted by Gasteiger charge is -2.27. The molecule has 1 saturated heterocycles. The molecule has 1 fully saturated rings. The van der Waals surface area contributed by atoms with Crippen LogP contribution in [-0.4, -0.2) is 35.9 Å². The Kier molecular flexibility index (Phi) is 6.73. The van der Waals surface area contributed by atoms with Gasteiger partial charge in [-0.05, 0) is 63.4 Å². The summed E-state index contributed by atoms with van der Waals surface area (Å²) in [7, 11) is 0. The number of para-hydroxylation sites is 1. The standard InChI is InChI=1S/C22H25BrN2O3/c1-15(2)28-20-11-10-16(23)14-18(20)21(26)24-19-9-5-4-8-17(19)22(27)25-12-6-3-7-13-25/h4-5,8-11,14-15H,3,6-7,12-13H2,1-2H3,(H,24,26). The Hall–Kier alpha value is -2.34. The van der Waals surface area contributed by atoms with Crippen LogP contribution in [-0.2, 0) is 0 Å². The van der Waals surface area contributed by atoms with Crippen molar-refractivity contribution in [2.75, 3.05) is 18.4 Å². The Labute approximate surface area is 174 Å². The van der Waals surface area contributed by atoms with Crippen molar-refractivity contribution in [1.29, 1.82) is 0 Å². The molecule has 1 N–H and O–H groups in total. The number of halogens is 1. The molecule has 2 aromatic carbocycles. The molecule has 3 rings (SSSR count). The van der Waals surface area contributed by atoms with E-state index in [-0.39, 0.29) is 17.9 Å². The van der Waals surface area contributed by atoms with Crippen LogP contribution < -0.4 is 10.1 Å². The third kappa shape index (κ3) is 4.93. The first-order valence-electron chi connectivity index (χ1n) is 9.61. The molecule has 2 aromatic rings. The number of rotatable bonds is 5. The second-order valence-corrected chi connectivity index (χ2v) is 8.08. The number of hydrogen-bond acceptors (Lipinski definition) is 3. The number of nitrogens with one attached hydrogen (secondary N) is 1. The van der Waals surface area contributed by atoms with Crippen LogP contribution in [0.4, 0.5) is 5.69 Å². The monoisotopic (exact) mass is 444 g/mol. The number of carbonyl (C=O) groups is 2. The van der Waals surface area contributed by atoms with Crippen molar-refractivity contribution in [3.8, 4) is 5.75 Å². The Morgan fingerprint density at radius 2 is 1.75 bits per heavy atom. The fourth-order valence-electron chi connectivity index (χ4n) is 3.27. The summed E-state index contributed by atoms with van der Waals surface area (Å²) in [6, 6.07) is 12.5. The molecule has 0 saturated carbocycles. The highest BCUT2D eigenvalue weighted by molar-refractivity contribution is 9.10. The van der Waals surface area contributed by atoms with Gasteiger partial charge in [0.1, 0.15) is 5.75 Å². The van der Waals surface area contributed by atoms with Gasteiger partial charge < -0.3 is 15.0 Å². The molecule has 0 atom stereocenters. The highest BCUT2D eigenvalue weighted by Crippen LogP contribution is 2.27. The van der Waals surface area contributed by atoms with Crippen molar-refractivity contribution >= 4 is 33.4 Å². The van der Waals surface area contributed by atoms with Crippen LogP contribution in [0.2, 0.25) is 0 Å². The Morgan fingerprint density at radius 1 is 1.04 bits per heavy atom. The SMILES string of the molecule is CC(C)Oc1ccc(Br)cc1C(=O)Nc1ccccc1C(=O)N1CCCCC1. The van der Waals surface area contributed by atoms with E-state index in [4.69, 9.17) is 4.74 Å². The summed E-state index contributed by atoms with van der Waals surface area (Å²) in [5, 5.41) is 2.90. The third-order valence-electron chi connectivity index (χ3n) is 4.60. The molecule has 0 radical (unpaired) electrons. The Balaban J connectivity index is 1.85. The first-order valence-corrected chi connectivity index (χ1v) is 10.4. The number of likely N-dealkylation sites (tertiary alicyclic amines) is 1. The Morgan fingerprint density at radius 3 is 2.46 bits per heavy atom. The van der Waals surface area contributed by atoms with Gasteiger partial charge in [0, 0.05) is 17.6 Å². The quantitative estimate of drug-likeness (QED) is 0.696. The van der Waals surface area contributed by atoms with Crippen molar-refractivity contribution in [3.63, 3.8) is 0 Å². The van der Waals surface area contributed by atoms with Gasteiger partial charge in [0.2, 0.25) is 0 Å². The molecule has 5 nitrogen and oxygen atoms in total. The summed E-state index contributed by atoms with van der Waals surface area (Å²) in [6.07, 6.45) is 3.15. The molecule has 0 aromatic heterocycles. The van der Waals surface area contributed by atoms with Gasteiger partial charge in [-0.3, -0.25) is 9.59 Å². The first-order chi connectivity index (χ1) is 13.5. The lowest BCUT2D eigenvalue weighted by Crippen LogP contribution is -2.36. The number of piperidine rings is 1. The van der Waals surface area contributed by atoms with Crippen LogP contribution in [0.3, 0.4) is 0 Å². The highest BCUT2D eigenvalue weighted by Gasteiger charge is 2.22. The van der Waals surface area contributed by atoms with Gasteiger partial charge in [0.15, 0.2) is 0 Å². The van der Waals surface area contributed by atoms with E-state index in [1.165, 1.54) is 0 Å². The van der Waals surface area contributed by atoms with Crippen molar-refractivity contribution in [3.05, 3.63) is 58.1 Å². The number of anilines is 1. The van der Waals surface area contributed by atoms with Gasteiger partial charge in [0.05, 0.1) is 22.9 Å². The summed E-state index contributed by atoms with van der Waals surface area (Å²) < 4.78 is 6.56. The van der Waals surface area contributed by atoms with E-state index in [0.29, 0.717) is 22.6 Å². The van der Waals surface area contributed by atoms with Gasteiger partial charge >= 0.3 is 0 Å². The molecular formula is C22H25BrN2O3. The van der Waals surface area contributed by atoms with Crippen LogP contribution >= 0.6 is 15.9 Å². The van der Waals surface area contributed by atoms with E-state index in [1.807, 2.05) is 36.9 Å². The summed E-state index contributed by atoms with van der Waals surface area (Å²) in [5.41, 5.74) is 1.45. The van der Waals surface area contributed by atoms with Crippen LogP contribution in [0, 0.1) is 0 Å². The van der Waals surface area contributed by atoms with Crippen LogP contribution in [0.15, 0.2) is 46.9 Å². The highest BCUT2D eigenvalue weighted by atomic mass is 79.9. The van der Waals surface area contributed by atoms with Gasteiger partial charge in [-0.25, -0.2) is 0 Å². The van der Waals surface area contributed by atoms with E-state index in [0.717, 1.165) is 36.8 Å². The van der Waals surface area contributed by atoms with Crippen molar-refractivity contribution in [2.45, 2.75) is 39.2 Å². The molecule has 1 aliphatic heterocycles. The number of hydrogen-bond donors (Lipinski definition) is 1. The molecule has 1 heterocycles. The predicted molar refractivity (Wildman–Crippen MR) is 114 cm³/mol. The van der Waals surface area contributed by atoms with E-state index < -0.39 is 0 Å². The minimum atomic E-state index is -0.309. The lowest BCUT2D eigenvalue weighted by molar-refractivity contribution is 0.0725. The maximum atomic E-state index is 13.0. The number of carbonyl (C=O) groups excluding carboxylic acids is 2. The Bertz CT molecular complexity index is 861. The number of nitrogens with zero attached hydrogens (tertiary/aromatic N) is 1. The zero-order chi connectivity index (χ0) is 20.1. The van der Waals surface area contributed by atoms with Crippen molar-refractivity contribution in [1.82, 2.24) is 4.90 Å². The second kappa shape index (κ2) is 9.24. The van der Waals surface area contributed by atoms with Gasteiger partial charge in [-0.15, -0.1) is 0 Å². The average Bonchev–Trinajstić information content (AvgIpc) is 2.69. The third-order valence-corrected chi connectivity index (χ3v) is 5.09. The molecule has 148 valence electrons. The predicted octanol–water partition coefficient (Wildman–Crippen LogP) is 5.11. The molecule has 1 aliphatic rings. The number of amides is 2. The van der Waals surface area contributed by atoms with E-state index in [2.05, 4.69) is 21.2 Å². The molecule has 0 bridgehead atoms. The summed E-state index contributed by atoms with van der Waals surface area (Å²) in [5.74, 6) is 0.162. The molecule has 0 spiro atoms. The molecular weight excluding hydrogens is 420 g/mol. The van der Waals surface area contributed by atoms with Gasteiger partial charge in [-0.1, -0.05) is 28.1 Å². The zero-order valence-corrected chi connectivity index (χ0v) is 17.8. The fourth-order valence-corrected chi connectivity index (χ4v) is 3.63. The smallest absolute Gasteiger partial charge is 0.259 e. The van der Waals surface area contributed by atoms with E-state index >= 15 is 0 Å².